The predicted molar refractivity (Wildman–Crippen MR) is 191 cm³/mol. The third kappa shape index (κ3) is 7.55. The second kappa shape index (κ2) is 14.7. The number of hydrogen-bond acceptors (Lipinski definition) is 8. The summed E-state index contributed by atoms with van der Waals surface area (Å²) in [6.45, 7) is 8.79. The molecule has 3 aliphatic rings. The van der Waals surface area contributed by atoms with E-state index in [-0.39, 0.29) is 30.4 Å². The first-order valence-corrected chi connectivity index (χ1v) is 17.5. The highest BCUT2D eigenvalue weighted by molar-refractivity contribution is 5.90. The zero-order chi connectivity index (χ0) is 35.6. The molecule has 1 N–H and O–H groups in total. The van der Waals surface area contributed by atoms with Gasteiger partial charge in [0.15, 0.2) is 12.2 Å². The van der Waals surface area contributed by atoms with Crippen molar-refractivity contribution in [3.05, 3.63) is 122 Å². The van der Waals surface area contributed by atoms with Crippen molar-refractivity contribution in [3.8, 4) is 5.75 Å². The van der Waals surface area contributed by atoms with Crippen LogP contribution in [0.15, 0.2) is 93.2 Å². The maximum atomic E-state index is 14.1. The first-order chi connectivity index (χ1) is 23.9. The molecule has 1 aromatic heterocycles. The minimum Gasteiger partial charge on any atom is -0.483 e. The zero-order valence-electron chi connectivity index (χ0n) is 29.5. The molecule has 8 nitrogen and oxygen atoms in total. The summed E-state index contributed by atoms with van der Waals surface area (Å²) in [6.07, 6.45) is 1.04. The lowest BCUT2D eigenvalue weighted by Gasteiger charge is -2.43. The Kier molecular flexibility index (Phi) is 10.3. The van der Waals surface area contributed by atoms with E-state index in [4.69, 9.17) is 18.6 Å². The van der Waals surface area contributed by atoms with E-state index in [9.17, 15) is 19.5 Å². The first-order valence-electron chi connectivity index (χ1n) is 17.5. The molecule has 4 heterocycles. The average Bonchev–Trinajstić information content (AvgIpc) is 3.08. The van der Waals surface area contributed by atoms with Gasteiger partial charge in [-0.2, -0.15) is 0 Å². The Morgan fingerprint density at radius 1 is 0.900 bits per heavy atom. The minimum absolute atomic E-state index is 0.0319. The molecule has 0 spiro atoms. The second-order valence-electron chi connectivity index (χ2n) is 14.5. The smallest absolute Gasteiger partial charge is 0.339 e. The van der Waals surface area contributed by atoms with Gasteiger partial charge < -0.3 is 23.7 Å². The number of carbonyl (C=O) groups excluding carboxylic acids is 2. The predicted octanol–water partition coefficient (Wildman–Crippen LogP) is 7.72. The molecule has 3 aliphatic heterocycles. The van der Waals surface area contributed by atoms with Crippen LogP contribution in [-0.4, -0.2) is 35.4 Å². The zero-order valence-corrected chi connectivity index (χ0v) is 29.5. The van der Waals surface area contributed by atoms with E-state index in [2.05, 4.69) is 36.4 Å². The molecule has 3 atom stereocenters. The van der Waals surface area contributed by atoms with Crippen LogP contribution < -0.4 is 10.4 Å². The van der Waals surface area contributed by atoms with Crippen LogP contribution in [0, 0.1) is 5.92 Å². The number of fused-ring (bicyclic) bond motifs is 13. The Hall–Kier alpha value is -4.69. The van der Waals surface area contributed by atoms with Crippen molar-refractivity contribution in [2.24, 2.45) is 5.92 Å². The van der Waals surface area contributed by atoms with E-state index in [0.29, 0.717) is 52.7 Å². The van der Waals surface area contributed by atoms with Gasteiger partial charge in [0.2, 0.25) is 0 Å². The SMILES string of the molecule is CC(CO)=C1CCc2ccc(cc2)C[C@H](CCc2ccccc2)CC(=O)O[C@H]2c3c(ccc4cc(C(C)C)c(=O)oc34)OC(C)(C)[C@H]2OC1=O. The molecule has 0 fully saturated rings. The summed E-state index contributed by atoms with van der Waals surface area (Å²) in [5.41, 5.74) is 3.65. The van der Waals surface area contributed by atoms with Crippen molar-refractivity contribution in [2.45, 2.75) is 96.9 Å². The molecule has 0 amide bonds. The fourth-order valence-electron chi connectivity index (χ4n) is 7.08. The third-order valence-electron chi connectivity index (χ3n) is 10.0. The van der Waals surface area contributed by atoms with Gasteiger partial charge in [-0.3, -0.25) is 4.79 Å². The number of aliphatic hydroxyl groups excluding tert-OH is 1. The van der Waals surface area contributed by atoms with E-state index >= 15 is 0 Å². The normalized spacial score (nSPS) is 21.9. The van der Waals surface area contributed by atoms with E-state index < -0.39 is 35.4 Å². The molecule has 4 aromatic rings. The summed E-state index contributed by atoms with van der Waals surface area (Å²) < 4.78 is 25.1. The van der Waals surface area contributed by atoms with Gasteiger partial charge in [-0.25, -0.2) is 9.59 Å². The number of rotatable bonds is 5. The van der Waals surface area contributed by atoms with Crippen LogP contribution in [0.5, 0.6) is 5.75 Å². The molecular weight excluding hydrogens is 632 g/mol. The van der Waals surface area contributed by atoms with Crippen LogP contribution in [0.3, 0.4) is 0 Å². The lowest BCUT2D eigenvalue weighted by atomic mass is 9.86. The van der Waals surface area contributed by atoms with Gasteiger partial charge in [0.25, 0.3) is 0 Å². The number of carbonyl (C=O) groups is 2. The lowest BCUT2D eigenvalue weighted by molar-refractivity contribution is -0.188. The van der Waals surface area contributed by atoms with Gasteiger partial charge in [0.1, 0.15) is 16.9 Å². The molecule has 0 unspecified atom stereocenters. The number of aryl methyl sites for hydroxylation is 2. The Bertz CT molecular complexity index is 1950. The Balaban J connectivity index is 1.46. The molecule has 0 saturated heterocycles. The molecule has 8 heteroatoms. The topological polar surface area (TPSA) is 112 Å². The summed E-state index contributed by atoms with van der Waals surface area (Å²) in [5, 5.41) is 10.7. The lowest BCUT2D eigenvalue weighted by Crippen LogP contribution is -2.52. The van der Waals surface area contributed by atoms with Crippen molar-refractivity contribution >= 4 is 22.9 Å². The van der Waals surface area contributed by atoms with Gasteiger partial charge in [-0.1, -0.05) is 68.4 Å². The van der Waals surface area contributed by atoms with E-state index in [1.165, 1.54) is 5.56 Å². The van der Waals surface area contributed by atoms with Crippen LogP contribution in [0.25, 0.3) is 11.0 Å². The van der Waals surface area contributed by atoms with Gasteiger partial charge in [-0.15, -0.1) is 0 Å². The summed E-state index contributed by atoms with van der Waals surface area (Å²) in [4.78, 5) is 41.4. The van der Waals surface area contributed by atoms with Crippen molar-refractivity contribution < 1.29 is 33.3 Å². The minimum atomic E-state index is -1.15. The van der Waals surface area contributed by atoms with Gasteiger partial charge in [0, 0.05) is 22.9 Å². The number of hydrogen-bond donors (Lipinski definition) is 1. The molecular formula is C42H46O8. The van der Waals surface area contributed by atoms with Crippen molar-refractivity contribution in [2.75, 3.05) is 6.61 Å². The summed E-state index contributed by atoms with van der Waals surface area (Å²) in [6, 6.07) is 23.9. The molecule has 2 bridgehead atoms. The molecule has 0 radical (unpaired) electrons. The van der Waals surface area contributed by atoms with Crippen LogP contribution in [0.2, 0.25) is 0 Å². The van der Waals surface area contributed by atoms with Crippen molar-refractivity contribution in [1.29, 1.82) is 0 Å². The number of ether oxygens (including phenoxy) is 3. The number of benzene rings is 3. The molecule has 0 saturated carbocycles. The average molecular weight is 679 g/mol. The van der Waals surface area contributed by atoms with Gasteiger partial charge in [-0.05, 0) is 105 Å². The maximum Gasteiger partial charge on any atom is 0.339 e. The molecule has 262 valence electrons. The molecule has 0 aliphatic carbocycles. The number of esters is 2. The fraction of sp³-hybridized carbons (Fsp3) is 0.405. The maximum absolute atomic E-state index is 14.1. The highest BCUT2D eigenvalue weighted by Crippen LogP contribution is 2.47. The molecule has 3 aromatic carbocycles. The molecule has 7 rings (SSSR count). The van der Waals surface area contributed by atoms with Crippen molar-refractivity contribution in [1.82, 2.24) is 0 Å². The largest absolute Gasteiger partial charge is 0.483 e. The highest BCUT2D eigenvalue weighted by atomic mass is 16.6. The standard InChI is InChI=1S/C42H46O8/c1-25(2)33-23-31-18-20-34-36(37(31)48-41(33)46)38-39(42(4,5)50-34)49-40(45)32(26(3)24-43)19-17-28-11-14-29(15-12-28)21-30(22-35(44)47-38)16-13-27-9-7-6-8-10-27/h6-12,14-15,18,20,23,25,30,38-39,43H,13,16-17,19,21-22,24H2,1-5H3/t30-,38-,39-/m0/s1. The summed E-state index contributed by atoms with van der Waals surface area (Å²) in [7, 11) is 0. The quantitative estimate of drug-likeness (QED) is 0.130. The van der Waals surface area contributed by atoms with Gasteiger partial charge in [0.05, 0.1) is 12.2 Å². The van der Waals surface area contributed by atoms with Crippen LogP contribution in [0.1, 0.15) is 93.7 Å². The van der Waals surface area contributed by atoms with Gasteiger partial charge >= 0.3 is 17.6 Å². The fourth-order valence-corrected chi connectivity index (χ4v) is 7.08. The van der Waals surface area contributed by atoms with E-state index in [1.807, 2.05) is 38.1 Å². The highest BCUT2D eigenvalue weighted by Gasteiger charge is 2.50. The Labute approximate surface area is 293 Å². The van der Waals surface area contributed by atoms with E-state index in [1.54, 1.807) is 32.9 Å². The third-order valence-corrected chi connectivity index (χ3v) is 10.0. The monoisotopic (exact) mass is 678 g/mol. The molecule has 50 heavy (non-hydrogen) atoms. The summed E-state index contributed by atoms with van der Waals surface area (Å²) in [5.74, 6) is -0.807. The Morgan fingerprint density at radius 3 is 2.32 bits per heavy atom. The first kappa shape index (κ1) is 35.1. The summed E-state index contributed by atoms with van der Waals surface area (Å²) >= 11 is 0. The van der Waals surface area contributed by atoms with Crippen LogP contribution in [0.4, 0.5) is 0 Å². The second-order valence-corrected chi connectivity index (χ2v) is 14.5. The van der Waals surface area contributed by atoms with Crippen LogP contribution in [-0.2, 0) is 38.3 Å². The van der Waals surface area contributed by atoms with E-state index in [0.717, 1.165) is 24.0 Å². The van der Waals surface area contributed by atoms with Crippen LogP contribution >= 0.6 is 0 Å². The Morgan fingerprint density at radius 2 is 1.62 bits per heavy atom. The number of aliphatic hydroxyl groups is 1. The van der Waals surface area contributed by atoms with Crippen molar-refractivity contribution in [3.63, 3.8) is 0 Å².